The third-order valence-electron chi connectivity index (χ3n) is 1.98. The van der Waals surface area contributed by atoms with Crippen molar-refractivity contribution in [1.29, 1.82) is 0 Å². The average molecular weight is 257 g/mol. The van der Waals surface area contributed by atoms with Crippen molar-refractivity contribution in [2.75, 3.05) is 0 Å². The highest BCUT2D eigenvalue weighted by molar-refractivity contribution is 5.98. The van der Waals surface area contributed by atoms with Crippen LogP contribution in [0, 0.1) is 21.7 Å². The quantitative estimate of drug-likeness (QED) is 0.382. The summed E-state index contributed by atoms with van der Waals surface area (Å²) in [6.45, 7) is 5.06. The molecule has 0 bridgehead atoms. The maximum absolute atomic E-state index is 13.8. The number of halogens is 2. The predicted octanol–water partition coefficient (Wildman–Crippen LogP) is 2.38. The summed E-state index contributed by atoms with van der Waals surface area (Å²) >= 11 is 0. The molecule has 0 spiro atoms. The van der Waals surface area contributed by atoms with Crippen LogP contribution in [0.15, 0.2) is 17.1 Å². The van der Waals surface area contributed by atoms with Gasteiger partial charge in [0.15, 0.2) is 0 Å². The Bertz CT molecular complexity index is 522. The van der Waals surface area contributed by atoms with E-state index in [4.69, 9.17) is 5.73 Å². The molecule has 0 aromatic heterocycles. The number of amidine groups is 1. The van der Waals surface area contributed by atoms with Gasteiger partial charge in [0.2, 0.25) is 5.82 Å². The van der Waals surface area contributed by atoms with Gasteiger partial charge in [0.05, 0.1) is 16.0 Å². The number of benzene rings is 1. The van der Waals surface area contributed by atoms with Gasteiger partial charge in [-0.25, -0.2) is 4.39 Å². The standard InChI is InChI=1S/C11H13F2N3O2/c1-11(2,3)15-10(14)8-6(12)4-5-7(9(8)13)16(17)18/h4-5H,1-3H3,(H2,14,15). The maximum atomic E-state index is 13.8. The molecular formula is C11H13F2N3O2. The Labute approximate surface area is 102 Å². The first kappa shape index (κ1) is 14.0. The molecule has 0 amide bonds. The summed E-state index contributed by atoms with van der Waals surface area (Å²) in [6.07, 6.45) is 0. The molecule has 1 aromatic carbocycles. The molecule has 0 saturated carbocycles. The van der Waals surface area contributed by atoms with Crippen molar-refractivity contribution in [3.05, 3.63) is 39.4 Å². The Morgan fingerprint density at radius 2 is 1.94 bits per heavy atom. The minimum Gasteiger partial charge on any atom is -0.383 e. The van der Waals surface area contributed by atoms with Crippen molar-refractivity contribution in [2.45, 2.75) is 26.3 Å². The first-order valence-corrected chi connectivity index (χ1v) is 5.11. The zero-order chi connectivity index (χ0) is 14.1. The molecule has 0 aliphatic heterocycles. The topological polar surface area (TPSA) is 81.5 Å². The van der Waals surface area contributed by atoms with Crippen LogP contribution in [-0.2, 0) is 0 Å². The lowest BCUT2D eigenvalue weighted by Crippen LogP contribution is -2.24. The summed E-state index contributed by atoms with van der Waals surface area (Å²) in [6, 6.07) is 1.54. The van der Waals surface area contributed by atoms with Crippen LogP contribution in [0.3, 0.4) is 0 Å². The Hall–Kier alpha value is -2.05. The summed E-state index contributed by atoms with van der Waals surface area (Å²) in [7, 11) is 0. The molecule has 0 aliphatic rings. The zero-order valence-electron chi connectivity index (χ0n) is 10.2. The van der Waals surface area contributed by atoms with Gasteiger partial charge >= 0.3 is 5.69 Å². The van der Waals surface area contributed by atoms with Crippen LogP contribution in [0.25, 0.3) is 0 Å². The second-order valence-corrected chi connectivity index (χ2v) is 4.68. The van der Waals surface area contributed by atoms with Crippen molar-refractivity contribution in [3.8, 4) is 0 Å². The van der Waals surface area contributed by atoms with Crippen LogP contribution >= 0.6 is 0 Å². The minimum atomic E-state index is -1.31. The Kier molecular flexibility index (Phi) is 3.64. The molecule has 0 fully saturated rings. The van der Waals surface area contributed by atoms with E-state index >= 15 is 0 Å². The fourth-order valence-corrected chi connectivity index (χ4v) is 1.33. The summed E-state index contributed by atoms with van der Waals surface area (Å²) in [4.78, 5) is 13.5. The van der Waals surface area contributed by atoms with Crippen molar-refractivity contribution in [3.63, 3.8) is 0 Å². The summed E-state index contributed by atoms with van der Waals surface area (Å²) in [5.74, 6) is -2.70. The molecule has 0 atom stereocenters. The van der Waals surface area contributed by atoms with E-state index in [1.165, 1.54) is 0 Å². The predicted molar refractivity (Wildman–Crippen MR) is 63.5 cm³/mol. The van der Waals surface area contributed by atoms with Gasteiger partial charge in [-0.2, -0.15) is 4.39 Å². The highest BCUT2D eigenvalue weighted by Crippen LogP contribution is 2.23. The van der Waals surface area contributed by atoms with Crippen molar-refractivity contribution in [2.24, 2.45) is 10.7 Å². The van der Waals surface area contributed by atoms with E-state index < -0.39 is 39.2 Å². The lowest BCUT2D eigenvalue weighted by atomic mass is 10.1. The molecule has 98 valence electrons. The van der Waals surface area contributed by atoms with E-state index in [2.05, 4.69) is 4.99 Å². The van der Waals surface area contributed by atoms with E-state index in [-0.39, 0.29) is 0 Å². The highest BCUT2D eigenvalue weighted by Gasteiger charge is 2.24. The third kappa shape index (κ3) is 2.99. The molecule has 5 nitrogen and oxygen atoms in total. The molecule has 0 aliphatic carbocycles. The van der Waals surface area contributed by atoms with Crippen LogP contribution in [0.5, 0.6) is 0 Å². The SMILES string of the molecule is CC(C)(C)N=C(N)c1c(F)ccc([N+](=O)[O-])c1F. The van der Waals surface area contributed by atoms with Crippen LogP contribution in [0.4, 0.5) is 14.5 Å². The Morgan fingerprint density at radius 3 is 2.39 bits per heavy atom. The smallest absolute Gasteiger partial charge is 0.305 e. The number of hydrogen-bond donors (Lipinski definition) is 1. The fourth-order valence-electron chi connectivity index (χ4n) is 1.33. The molecule has 0 saturated heterocycles. The number of nitrogens with two attached hydrogens (primary N) is 1. The van der Waals surface area contributed by atoms with Gasteiger partial charge < -0.3 is 5.73 Å². The molecule has 7 heteroatoms. The van der Waals surface area contributed by atoms with E-state index in [1.807, 2.05) is 0 Å². The summed E-state index contributed by atoms with van der Waals surface area (Å²) in [5.41, 5.74) is 3.35. The third-order valence-corrected chi connectivity index (χ3v) is 1.98. The number of nitrogens with zero attached hydrogens (tertiary/aromatic N) is 2. The van der Waals surface area contributed by atoms with Gasteiger partial charge in [-0.1, -0.05) is 0 Å². The Balaban J connectivity index is 3.45. The van der Waals surface area contributed by atoms with E-state index in [1.54, 1.807) is 20.8 Å². The summed E-state index contributed by atoms with van der Waals surface area (Å²) in [5, 5.41) is 10.6. The van der Waals surface area contributed by atoms with Gasteiger partial charge in [0, 0.05) is 6.07 Å². The molecule has 0 radical (unpaired) electrons. The van der Waals surface area contributed by atoms with Crippen molar-refractivity contribution < 1.29 is 13.7 Å². The van der Waals surface area contributed by atoms with Gasteiger partial charge in [0.1, 0.15) is 11.7 Å². The Morgan fingerprint density at radius 1 is 1.39 bits per heavy atom. The second kappa shape index (κ2) is 4.67. The van der Waals surface area contributed by atoms with E-state index in [9.17, 15) is 18.9 Å². The number of rotatable bonds is 2. The monoisotopic (exact) mass is 257 g/mol. The highest BCUT2D eigenvalue weighted by atomic mass is 19.1. The molecule has 18 heavy (non-hydrogen) atoms. The van der Waals surface area contributed by atoms with Crippen LogP contribution in [0.1, 0.15) is 26.3 Å². The van der Waals surface area contributed by atoms with Crippen LogP contribution in [-0.4, -0.2) is 16.3 Å². The van der Waals surface area contributed by atoms with Gasteiger partial charge in [-0.05, 0) is 26.8 Å². The fraction of sp³-hybridized carbons (Fsp3) is 0.364. The first-order chi connectivity index (χ1) is 8.13. The average Bonchev–Trinajstić information content (AvgIpc) is 2.13. The second-order valence-electron chi connectivity index (χ2n) is 4.68. The number of nitro groups is 1. The first-order valence-electron chi connectivity index (χ1n) is 5.11. The van der Waals surface area contributed by atoms with E-state index in [0.717, 1.165) is 12.1 Å². The maximum Gasteiger partial charge on any atom is 0.305 e. The normalized spacial score (nSPS) is 12.6. The number of nitro benzene ring substituents is 1. The zero-order valence-corrected chi connectivity index (χ0v) is 10.2. The molecule has 1 aromatic rings. The van der Waals surface area contributed by atoms with Crippen molar-refractivity contribution in [1.82, 2.24) is 0 Å². The lowest BCUT2D eigenvalue weighted by Gasteiger charge is -2.14. The molecule has 1 rings (SSSR count). The molecule has 2 N–H and O–H groups in total. The van der Waals surface area contributed by atoms with Crippen molar-refractivity contribution >= 4 is 11.5 Å². The minimum absolute atomic E-state index is 0.402. The summed E-state index contributed by atoms with van der Waals surface area (Å²) < 4.78 is 27.3. The van der Waals surface area contributed by atoms with Crippen LogP contribution in [0.2, 0.25) is 0 Å². The van der Waals surface area contributed by atoms with E-state index in [0.29, 0.717) is 0 Å². The molecule has 0 heterocycles. The van der Waals surface area contributed by atoms with Gasteiger partial charge in [-0.3, -0.25) is 15.1 Å². The lowest BCUT2D eigenvalue weighted by molar-refractivity contribution is -0.387. The molecular weight excluding hydrogens is 244 g/mol. The number of hydrogen-bond acceptors (Lipinski definition) is 3. The van der Waals surface area contributed by atoms with Gasteiger partial charge in [0.25, 0.3) is 0 Å². The van der Waals surface area contributed by atoms with Crippen LogP contribution < -0.4 is 5.73 Å². The number of aliphatic imine (C=N–C) groups is 1. The molecule has 0 unspecified atom stereocenters. The largest absolute Gasteiger partial charge is 0.383 e. The van der Waals surface area contributed by atoms with Gasteiger partial charge in [-0.15, -0.1) is 0 Å².